The number of ether oxygens (including phenoxy) is 1. The summed E-state index contributed by atoms with van der Waals surface area (Å²) in [7, 11) is -2.13. The molecule has 118 valence electrons. The molecule has 3 N–H and O–H groups in total. The summed E-state index contributed by atoms with van der Waals surface area (Å²) in [6.07, 6.45) is 5.81. The van der Waals surface area contributed by atoms with Crippen LogP contribution >= 0.6 is 0 Å². The molecule has 0 bridgehead atoms. The van der Waals surface area contributed by atoms with E-state index in [2.05, 4.69) is 12.2 Å². The maximum Gasteiger partial charge on any atom is 0.238 e. The van der Waals surface area contributed by atoms with Crippen molar-refractivity contribution in [3.8, 4) is 5.75 Å². The normalized spacial score (nSPS) is 23.4. The number of hydrogen-bond donors (Lipinski definition) is 2. The number of sulfonamides is 1. The Labute approximate surface area is 126 Å². The summed E-state index contributed by atoms with van der Waals surface area (Å²) in [5.74, 6) is 1.40. The zero-order chi connectivity index (χ0) is 15.5. The minimum absolute atomic E-state index is 0.104. The zero-order valence-corrected chi connectivity index (χ0v) is 13.4. The predicted octanol–water partition coefficient (Wildman–Crippen LogP) is 2.72. The van der Waals surface area contributed by atoms with Crippen molar-refractivity contribution in [3.63, 3.8) is 0 Å². The molecule has 1 aromatic carbocycles. The second-order valence-corrected chi connectivity index (χ2v) is 7.42. The van der Waals surface area contributed by atoms with Crippen LogP contribution in [0.2, 0.25) is 0 Å². The van der Waals surface area contributed by atoms with E-state index in [9.17, 15) is 8.42 Å². The maximum absolute atomic E-state index is 11.5. The molecule has 0 spiro atoms. The van der Waals surface area contributed by atoms with Crippen molar-refractivity contribution < 1.29 is 13.2 Å². The van der Waals surface area contributed by atoms with Crippen LogP contribution in [0.15, 0.2) is 23.1 Å². The van der Waals surface area contributed by atoms with Crippen LogP contribution in [0, 0.1) is 5.92 Å². The average molecular weight is 312 g/mol. The fourth-order valence-corrected chi connectivity index (χ4v) is 3.37. The van der Waals surface area contributed by atoms with Gasteiger partial charge in [-0.1, -0.05) is 19.8 Å². The first-order chi connectivity index (χ1) is 9.90. The second-order valence-electron chi connectivity index (χ2n) is 5.86. The molecule has 0 amide bonds. The molecule has 1 aliphatic rings. The van der Waals surface area contributed by atoms with Crippen LogP contribution in [0.4, 0.5) is 5.69 Å². The first-order valence-corrected chi connectivity index (χ1v) is 8.92. The van der Waals surface area contributed by atoms with Crippen molar-refractivity contribution in [3.05, 3.63) is 18.2 Å². The highest BCUT2D eigenvalue weighted by Crippen LogP contribution is 2.31. The first-order valence-electron chi connectivity index (χ1n) is 7.37. The highest BCUT2D eigenvalue weighted by molar-refractivity contribution is 7.89. The molecule has 0 saturated heterocycles. The van der Waals surface area contributed by atoms with Crippen LogP contribution in [0.1, 0.15) is 39.0 Å². The van der Waals surface area contributed by atoms with Gasteiger partial charge < -0.3 is 10.1 Å². The van der Waals surface area contributed by atoms with Crippen LogP contribution in [-0.4, -0.2) is 21.6 Å². The topological polar surface area (TPSA) is 81.4 Å². The smallest absolute Gasteiger partial charge is 0.238 e. The lowest BCUT2D eigenvalue weighted by Crippen LogP contribution is -2.20. The lowest BCUT2D eigenvalue weighted by Gasteiger charge is -2.20. The van der Waals surface area contributed by atoms with Crippen LogP contribution in [0.25, 0.3) is 0 Å². The van der Waals surface area contributed by atoms with Gasteiger partial charge in [-0.25, -0.2) is 13.6 Å². The SMILES string of the molecule is COc1ccc(S(N)(=O)=O)cc1NC1CCCC(C)CC1. The molecular formula is C15H24N2O3S. The summed E-state index contributed by atoms with van der Waals surface area (Å²) < 4.78 is 28.3. The van der Waals surface area contributed by atoms with E-state index in [1.54, 1.807) is 19.2 Å². The number of rotatable bonds is 4. The standard InChI is InChI=1S/C15H24N2O3S/c1-11-4-3-5-12(7-6-11)17-14-10-13(21(16,18)19)8-9-15(14)20-2/h8-12,17H,3-7H2,1-2H3,(H2,16,18,19). The van der Waals surface area contributed by atoms with Crippen LogP contribution in [0.5, 0.6) is 5.75 Å². The highest BCUT2D eigenvalue weighted by Gasteiger charge is 2.18. The van der Waals surface area contributed by atoms with Crippen LogP contribution in [-0.2, 0) is 10.0 Å². The van der Waals surface area contributed by atoms with E-state index >= 15 is 0 Å². The molecule has 5 nitrogen and oxygen atoms in total. The molecule has 6 heteroatoms. The molecule has 2 atom stereocenters. The minimum Gasteiger partial charge on any atom is -0.495 e. The Morgan fingerprint density at radius 3 is 2.67 bits per heavy atom. The molecule has 0 heterocycles. The quantitative estimate of drug-likeness (QED) is 0.838. The summed E-state index contributed by atoms with van der Waals surface area (Å²) >= 11 is 0. The maximum atomic E-state index is 11.5. The van der Waals surface area contributed by atoms with Gasteiger partial charge in [0.25, 0.3) is 0 Å². The average Bonchev–Trinajstić information content (AvgIpc) is 2.63. The largest absolute Gasteiger partial charge is 0.495 e. The van der Waals surface area contributed by atoms with E-state index in [0.29, 0.717) is 17.5 Å². The van der Waals surface area contributed by atoms with Gasteiger partial charge in [0.1, 0.15) is 5.75 Å². The summed E-state index contributed by atoms with van der Waals surface area (Å²) in [6, 6.07) is 5.01. The Bertz CT molecular complexity index is 587. The Morgan fingerprint density at radius 1 is 1.24 bits per heavy atom. The van der Waals surface area contributed by atoms with Crippen molar-refractivity contribution in [2.45, 2.75) is 50.0 Å². The molecule has 0 aromatic heterocycles. The second kappa shape index (κ2) is 6.66. The van der Waals surface area contributed by atoms with Crippen LogP contribution in [0.3, 0.4) is 0 Å². The minimum atomic E-state index is -3.70. The lowest BCUT2D eigenvalue weighted by atomic mass is 10.0. The molecule has 0 aliphatic heterocycles. The van der Waals surface area contributed by atoms with E-state index < -0.39 is 10.0 Å². The van der Waals surface area contributed by atoms with Gasteiger partial charge in [0.15, 0.2) is 0 Å². The van der Waals surface area contributed by atoms with Gasteiger partial charge in [-0.05, 0) is 43.4 Å². The Balaban J connectivity index is 2.21. The van der Waals surface area contributed by atoms with Gasteiger partial charge in [-0.2, -0.15) is 0 Å². The summed E-state index contributed by atoms with van der Waals surface area (Å²) in [4.78, 5) is 0.104. The fraction of sp³-hybridized carbons (Fsp3) is 0.600. The number of nitrogens with two attached hydrogens (primary N) is 1. The van der Waals surface area contributed by atoms with Gasteiger partial charge in [-0.15, -0.1) is 0 Å². The molecule has 2 unspecified atom stereocenters. The number of anilines is 1. The van der Waals surface area contributed by atoms with Crippen LogP contribution < -0.4 is 15.2 Å². The highest BCUT2D eigenvalue weighted by atomic mass is 32.2. The van der Waals surface area contributed by atoms with Crippen molar-refractivity contribution in [1.29, 1.82) is 0 Å². The Hall–Kier alpha value is -1.27. The number of nitrogens with one attached hydrogen (secondary N) is 1. The molecule has 1 aliphatic carbocycles. The molecule has 1 saturated carbocycles. The number of methoxy groups -OCH3 is 1. The Kier molecular flexibility index (Phi) is 5.11. The monoisotopic (exact) mass is 312 g/mol. The van der Waals surface area contributed by atoms with E-state index in [0.717, 1.165) is 18.8 Å². The van der Waals surface area contributed by atoms with Gasteiger partial charge in [0, 0.05) is 6.04 Å². The van der Waals surface area contributed by atoms with Gasteiger partial charge in [-0.3, -0.25) is 0 Å². The van der Waals surface area contributed by atoms with E-state index in [1.807, 2.05) is 0 Å². The van der Waals surface area contributed by atoms with Crippen molar-refractivity contribution in [1.82, 2.24) is 0 Å². The molecule has 1 fully saturated rings. The molecule has 2 rings (SSSR count). The third-order valence-electron chi connectivity index (χ3n) is 4.12. The molecule has 1 aromatic rings. The Morgan fingerprint density at radius 2 is 2.00 bits per heavy atom. The number of benzene rings is 1. The lowest BCUT2D eigenvalue weighted by molar-refractivity contribution is 0.415. The summed E-state index contributed by atoms with van der Waals surface area (Å²) in [5, 5.41) is 8.63. The van der Waals surface area contributed by atoms with E-state index in [1.165, 1.54) is 25.3 Å². The number of primary sulfonamides is 1. The molecule has 0 radical (unpaired) electrons. The first kappa shape index (κ1) is 16.1. The predicted molar refractivity (Wildman–Crippen MR) is 84.0 cm³/mol. The van der Waals surface area contributed by atoms with Gasteiger partial charge in [0.05, 0.1) is 17.7 Å². The van der Waals surface area contributed by atoms with Crippen molar-refractivity contribution in [2.24, 2.45) is 11.1 Å². The third-order valence-corrected chi connectivity index (χ3v) is 5.03. The van der Waals surface area contributed by atoms with Gasteiger partial charge >= 0.3 is 0 Å². The zero-order valence-electron chi connectivity index (χ0n) is 12.6. The summed E-state index contributed by atoms with van der Waals surface area (Å²) in [6.45, 7) is 2.28. The van der Waals surface area contributed by atoms with E-state index in [4.69, 9.17) is 9.88 Å². The fourth-order valence-electron chi connectivity index (χ4n) is 2.83. The number of hydrogen-bond acceptors (Lipinski definition) is 4. The molecular weight excluding hydrogens is 288 g/mol. The van der Waals surface area contributed by atoms with Crippen molar-refractivity contribution >= 4 is 15.7 Å². The molecule has 21 heavy (non-hydrogen) atoms. The van der Waals surface area contributed by atoms with E-state index in [-0.39, 0.29) is 4.90 Å². The van der Waals surface area contributed by atoms with Gasteiger partial charge in [0.2, 0.25) is 10.0 Å². The summed E-state index contributed by atoms with van der Waals surface area (Å²) in [5.41, 5.74) is 0.698. The van der Waals surface area contributed by atoms with Crippen molar-refractivity contribution in [2.75, 3.05) is 12.4 Å². The third kappa shape index (κ3) is 4.35.